The number of carbonyl (C=O) groups excluding carboxylic acids is 1. The van der Waals surface area contributed by atoms with Crippen LogP contribution in [0.2, 0.25) is 0 Å². The lowest BCUT2D eigenvalue weighted by Gasteiger charge is -2.03. The SMILES string of the molecule is CC(C)NC(=O)C=Cc1cccs1. The number of carbonyl (C=O) groups is 1. The Bertz CT molecular complexity index is 288. The summed E-state index contributed by atoms with van der Waals surface area (Å²) in [6, 6.07) is 4.13. The monoisotopic (exact) mass is 195 g/mol. The van der Waals surface area contributed by atoms with E-state index >= 15 is 0 Å². The molecule has 0 bridgehead atoms. The molecule has 3 heteroatoms. The fourth-order valence-electron chi connectivity index (χ4n) is 0.877. The highest BCUT2D eigenvalue weighted by Crippen LogP contribution is 2.09. The van der Waals surface area contributed by atoms with Gasteiger partial charge in [-0.15, -0.1) is 11.3 Å². The van der Waals surface area contributed by atoms with E-state index in [0.29, 0.717) is 0 Å². The van der Waals surface area contributed by atoms with Crippen LogP contribution in [0.1, 0.15) is 18.7 Å². The number of amides is 1. The Morgan fingerprint density at radius 2 is 2.38 bits per heavy atom. The van der Waals surface area contributed by atoms with Gasteiger partial charge in [-0.05, 0) is 31.4 Å². The van der Waals surface area contributed by atoms with E-state index in [9.17, 15) is 4.79 Å². The maximum absolute atomic E-state index is 11.2. The summed E-state index contributed by atoms with van der Waals surface area (Å²) in [4.78, 5) is 12.3. The van der Waals surface area contributed by atoms with Crippen molar-refractivity contribution in [2.75, 3.05) is 0 Å². The molecule has 0 aliphatic heterocycles. The van der Waals surface area contributed by atoms with Crippen LogP contribution in [0.4, 0.5) is 0 Å². The second-order valence-corrected chi connectivity index (χ2v) is 3.99. The molecule has 1 aromatic rings. The maximum Gasteiger partial charge on any atom is 0.244 e. The summed E-state index contributed by atoms with van der Waals surface area (Å²) >= 11 is 1.62. The molecule has 1 rings (SSSR count). The zero-order valence-electron chi connectivity index (χ0n) is 7.78. The van der Waals surface area contributed by atoms with Gasteiger partial charge in [0, 0.05) is 17.0 Å². The fourth-order valence-corrected chi connectivity index (χ4v) is 1.49. The predicted molar refractivity (Wildman–Crippen MR) is 56.6 cm³/mol. The van der Waals surface area contributed by atoms with Crippen LogP contribution in [0.5, 0.6) is 0 Å². The predicted octanol–water partition coefficient (Wildman–Crippen LogP) is 2.29. The summed E-state index contributed by atoms with van der Waals surface area (Å²) in [6.07, 6.45) is 3.38. The molecule has 0 radical (unpaired) electrons. The molecule has 0 aliphatic rings. The molecule has 1 N–H and O–H groups in total. The van der Waals surface area contributed by atoms with Gasteiger partial charge in [-0.3, -0.25) is 4.79 Å². The van der Waals surface area contributed by atoms with E-state index in [1.807, 2.05) is 37.4 Å². The van der Waals surface area contributed by atoms with Crippen molar-refractivity contribution in [3.63, 3.8) is 0 Å². The summed E-state index contributed by atoms with van der Waals surface area (Å²) < 4.78 is 0. The van der Waals surface area contributed by atoms with E-state index in [-0.39, 0.29) is 11.9 Å². The molecule has 0 atom stereocenters. The zero-order valence-corrected chi connectivity index (χ0v) is 8.60. The van der Waals surface area contributed by atoms with E-state index < -0.39 is 0 Å². The van der Waals surface area contributed by atoms with Crippen molar-refractivity contribution in [1.29, 1.82) is 0 Å². The van der Waals surface area contributed by atoms with E-state index in [0.717, 1.165) is 4.88 Å². The highest BCUT2D eigenvalue weighted by Gasteiger charge is 1.96. The Morgan fingerprint density at radius 3 is 2.92 bits per heavy atom. The first-order chi connectivity index (χ1) is 6.18. The summed E-state index contributed by atoms with van der Waals surface area (Å²) in [5.41, 5.74) is 0. The van der Waals surface area contributed by atoms with Gasteiger partial charge in [0.05, 0.1) is 0 Å². The zero-order chi connectivity index (χ0) is 9.68. The summed E-state index contributed by atoms with van der Waals surface area (Å²) in [6.45, 7) is 3.88. The van der Waals surface area contributed by atoms with E-state index in [4.69, 9.17) is 0 Å². The van der Waals surface area contributed by atoms with Gasteiger partial charge in [-0.25, -0.2) is 0 Å². The third-order valence-electron chi connectivity index (χ3n) is 1.37. The van der Waals surface area contributed by atoms with Crippen molar-refractivity contribution in [1.82, 2.24) is 5.32 Å². The first-order valence-electron chi connectivity index (χ1n) is 4.20. The topological polar surface area (TPSA) is 29.1 Å². The third kappa shape index (κ3) is 3.90. The summed E-state index contributed by atoms with van der Waals surface area (Å²) in [5, 5.41) is 4.77. The molecule has 1 aromatic heterocycles. The fraction of sp³-hybridized carbons (Fsp3) is 0.300. The second kappa shape index (κ2) is 4.82. The quantitative estimate of drug-likeness (QED) is 0.737. The molecular formula is C10H13NOS. The van der Waals surface area contributed by atoms with Crippen LogP contribution in [0.25, 0.3) is 6.08 Å². The molecule has 0 aromatic carbocycles. The van der Waals surface area contributed by atoms with Crippen LogP contribution >= 0.6 is 11.3 Å². The van der Waals surface area contributed by atoms with Gasteiger partial charge in [-0.1, -0.05) is 6.07 Å². The lowest BCUT2D eigenvalue weighted by Crippen LogP contribution is -2.28. The Kier molecular flexibility index (Phi) is 3.71. The minimum absolute atomic E-state index is 0.0385. The minimum atomic E-state index is -0.0385. The minimum Gasteiger partial charge on any atom is -0.350 e. The Hall–Kier alpha value is -1.09. The first-order valence-corrected chi connectivity index (χ1v) is 5.08. The largest absolute Gasteiger partial charge is 0.350 e. The molecule has 2 nitrogen and oxygen atoms in total. The average Bonchev–Trinajstić information content (AvgIpc) is 2.51. The Labute approximate surface area is 82.3 Å². The number of hydrogen-bond acceptors (Lipinski definition) is 2. The van der Waals surface area contributed by atoms with Crippen molar-refractivity contribution in [2.24, 2.45) is 0 Å². The highest BCUT2D eigenvalue weighted by molar-refractivity contribution is 7.10. The molecule has 1 heterocycles. The Morgan fingerprint density at radius 1 is 1.62 bits per heavy atom. The molecule has 0 unspecified atom stereocenters. The van der Waals surface area contributed by atoms with Crippen LogP contribution in [-0.4, -0.2) is 11.9 Å². The number of nitrogens with one attached hydrogen (secondary N) is 1. The van der Waals surface area contributed by atoms with E-state index in [1.165, 1.54) is 0 Å². The number of hydrogen-bond donors (Lipinski definition) is 1. The highest BCUT2D eigenvalue weighted by atomic mass is 32.1. The van der Waals surface area contributed by atoms with Crippen molar-refractivity contribution >= 4 is 23.3 Å². The van der Waals surface area contributed by atoms with Gasteiger partial charge in [0.1, 0.15) is 0 Å². The summed E-state index contributed by atoms with van der Waals surface area (Å²) in [5.74, 6) is -0.0385. The van der Waals surface area contributed by atoms with Gasteiger partial charge >= 0.3 is 0 Å². The standard InChI is InChI=1S/C10H13NOS/c1-8(2)11-10(12)6-5-9-4-3-7-13-9/h3-8H,1-2H3,(H,11,12). The van der Waals surface area contributed by atoms with Crippen LogP contribution in [0, 0.1) is 0 Å². The van der Waals surface area contributed by atoms with E-state index in [2.05, 4.69) is 5.32 Å². The smallest absolute Gasteiger partial charge is 0.244 e. The van der Waals surface area contributed by atoms with Crippen LogP contribution in [0.15, 0.2) is 23.6 Å². The molecule has 0 spiro atoms. The summed E-state index contributed by atoms with van der Waals surface area (Å²) in [7, 11) is 0. The lowest BCUT2D eigenvalue weighted by atomic mass is 10.3. The molecule has 0 aliphatic carbocycles. The number of thiophene rings is 1. The molecule has 0 saturated heterocycles. The van der Waals surface area contributed by atoms with Crippen LogP contribution in [0.3, 0.4) is 0 Å². The van der Waals surface area contributed by atoms with Crippen molar-refractivity contribution in [2.45, 2.75) is 19.9 Å². The Balaban J connectivity index is 2.44. The molecular weight excluding hydrogens is 182 g/mol. The van der Waals surface area contributed by atoms with Crippen LogP contribution in [-0.2, 0) is 4.79 Å². The maximum atomic E-state index is 11.2. The molecule has 0 fully saturated rings. The van der Waals surface area contributed by atoms with Crippen molar-refractivity contribution in [3.05, 3.63) is 28.5 Å². The van der Waals surface area contributed by atoms with E-state index in [1.54, 1.807) is 17.4 Å². The van der Waals surface area contributed by atoms with Gasteiger partial charge in [0.2, 0.25) is 5.91 Å². The van der Waals surface area contributed by atoms with Gasteiger partial charge in [0.25, 0.3) is 0 Å². The lowest BCUT2D eigenvalue weighted by molar-refractivity contribution is -0.116. The van der Waals surface area contributed by atoms with Gasteiger partial charge in [-0.2, -0.15) is 0 Å². The molecule has 1 amide bonds. The van der Waals surface area contributed by atoms with Gasteiger partial charge < -0.3 is 5.32 Å². The average molecular weight is 195 g/mol. The third-order valence-corrected chi connectivity index (χ3v) is 2.21. The van der Waals surface area contributed by atoms with Crippen molar-refractivity contribution < 1.29 is 4.79 Å². The van der Waals surface area contributed by atoms with Gasteiger partial charge in [0.15, 0.2) is 0 Å². The first kappa shape index (κ1) is 9.99. The van der Waals surface area contributed by atoms with Crippen LogP contribution < -0.4 is 5.32 Å². The second-order valence-electron chi connectivity index (χ2n) is 3.01. The number of rotatable bonds is 3. The molecule has 70 valence electrons. The van der Waals surface area contributed by atoms with Crippen molar-refractivity contribution in [3.8, 4) is 0 Å². The molecule has 0 saturated carbocycles. The molecule has 13 heavy (non-hydrogen) atoms. The normalized spacial score (nSPS) is 11.0.